The second-order valence-electron chi connectivity index (χ2n) is 6.51. The minimum Gasteiger partial charge on any atom is -0.483 e. The Kier molecular flexibility index (Phi) is 5.18. The first-order chi connectivity index (χ1) is 12.3. The van der Waals surface area contributed by atoms with Crippen molar-refractivity contribution in [1.82, 2.24) is 4.72 Å². The summed E-state index contributed by atoms with van der Waals surface area (Å²) in [6, 6.07) is 16.3. The molecule has 0 spiro atoms. The van der Waals surface area contributed by atoms with Crippen LogP contribution in [0.3, 0.4) is 0 Å². The van der Waals surface area contributed by atoms with Gasteiger partial charge in [0.05, 0.1) is 6.26 Å². The molecule has 1 aliphatic heterocycles. The summed E-state index contributed by atoms with van der Waals surface area (Å²) in [6.07, 6.45) is 1.75. The summed E-state index contributed by atoms with van der Waals surface area (Å²) < 4.78 is 29.7. The number of nitrogens with one attached hydrogen (secondary N) is 1. The van der Waals surface area contributed by atoms with Gasteiger partial charge in [-0.3, -0.25) is 9.52 Å². The Labute approximate surface area is 153 Å². The van der Waals surface area contributed by atoms with E-state index in [1.807, 2.05) is 41.1 Å². The summed E-state index contributed by atoms with van der Waals surface area (Å²) >= 11 is 0. The molecule has 0 fully saturated rings. The Morgan fingerprint density at radius 2 is 1.92 bits per heavy atom. The summed E-state index contributed by atoms with van der Waals surface area (Å²) in [4.78, 5) is 14.0. The molecule has 0 aliphatic carbocycles. The molecule has 1 atom stereocenters. The first-order valence-electron chi connectivity index (χ1n) is 8.39. The van der Waals surface area contributed by atoms with Crippen molar-refractivity contribution < 1.29 is 17.9 Å². The van der Waals surface area contributed by atoms with Crippen LogP contribution in [0.25, 0.3) is 0 Å². The van der Waals surface area contributed by atoms with Crippen LogP contribution in [-0.4, -0.2) is 33.2 Å². The first kappa shape index (κ1) is 18.3. The topological polar surface area (TPSA) is 75.7 Å². The molecule has 0 saturated carbocycles. The van der Waals surface area contributed by atoms with Gasteiger partial charge in [0, 0.05) is 23.8 Å². The van der Waals surface area contributed by atoms with Crippen molar-refractivity contribution in [3.05, 3.63) is 59.7 Å². The molecule has 0 aromatic heterocycles. The number of carbonyl (C=O) groups is 1. The Bertz CT molecular complexity index is 897. The summed E-state index contributed by atoms with van der Waals surface area (Å²) in [5.41, 5.74) is 3.36. The highest BCUT2D eigenvalue weighted by molar-refractivity contribution is 7.89. The number of hydrogen-bond donors (Lipinski definition) is 1. The van der Waals surface area contributed by atoms with Gasteiger partial charge < -0.3 is 9.64 Å². The van der Waals surface area contributed by atoms with Crippen LogP contribution in [0.2, 0.25) is 0 Å². The predicted octanol–water partition coefficient (Wildman–Crippen LogP) is 2.09. The third kappa shape index (κ3) is 4.35. The number of benzene rings is 2. The van der Waals surface area contributed by atoms with E-state index in [2.05, 4.69) is 24.0 Å². The van der Waals surface area contributed by atoms with Crippen molar-refractivity contribution in [2.45, 2.75) is 25.9 Å². The summed E-state index contributed by atoms with van der Waals surface area (Å²) in [6.45, 7) is 2.62. The van der Waals surface area contributed by atoms with Crippen LogP contribution in [-0.2, 0) is 27.8 Å². The van der Waals surface area contributed by atoms with Gasteiger partial charge in [0.1, 0.15) is 5.75 Å². The average molecular weight is 374 g/mol. The van der Waals surface area contributed by atoms with Gasteiger partial charge in [0.15, 0.2) is 6.61 Å². The van der Waals surface area contributed by atoms with Crippen LogP contribution in [0.5, 0.6) is 5.75 Å². The van der Waals surface area contributed by atoms with Crippen molar-refractivity contribution in [3.8, 4) is 5.75 Å². The third-order valence-corrected chi connectivity index (χ3v) is 4.90. The zero-order valence-corrected chi connectivity index (χ0v) is 15.6. The van der Waals surface area contributed by atoms with E-state index in [9.17, 15) is 13.2 Å². The van der Waals surface area contributed by atoms with Crippen molar-refractivity contribution in [1.29, 1.82) is 0 Å². The van der Waals surface area contributed by atoms with Crippen molar-refractivity contribution in [2.75, 3.05) is 17.8 Å². The molecule has 3 rings (SSSR count). The number of hydrogen-bond acceptors (Lipinski definition) is 5. The Balaban J connectivity index is 1.75. The smallest absolute Gasteiger partial charge is 0.271 e. The maximum absolute atomic E-state index is 11.7. The highest BCUT2D eigenvalue weighted by Crippen LogP contribution is 2.39. The zero-order valence-electron chi connectivity index (χ0n) is 14.8. The molecule has 0 bridgehead atoms. The predicted molar refractivity (Wildman–Crippen MR) is 101 cm³/mol. The van der Waals surface area contributed by atoms with E-state index in [1.54, 1.807) is 0 Å². The standard InChI is InChI=1S/C19H22N2O4S/c1-14-11-16-17(21(14)12-15-7-4-3-5-8-15)9-6-10-18(16)25-13-19(22)20-26(2,23)24/h3-10,14H,11-13H2,1-2H3,(H,20,22). The van der Waals surface area contributed by atoms with Gasteiger partial charge in [-0.2, -0.15) is 0 Å². The Morgan fingerprint density at radius 3 is 2.62 bits per heavy atom. The molecule has 1 amide bonds. The zero-order chi connectivity index (χ0) is 18.7. The van der Waals surface area contributed by atoms with Gasteiger partial charge in [0.2, 0.25) is 10.0 Å². The van der Waals surface area contributed by atoms with Gasteiger partial charge in [-0.05, 0) is 31.0 Å². The number of anilines is 1. The van der Waals surface area contributed by atoms with E-state index in [0.29, 0.717) is 11.8 Å². The van der Waals surface area contributed by atoms with E-state index in [4.69, 9.17) is 4.74 Å². The van der Waals surface area contributed by atoms with E-state index < -0.39 is 15.9 Å². The maximum atomic E-state index is 11.7. The van der Waals surface area contributed by atoms with Crippen LogP contribution in [0.4, 0.5) is 5.69 Å². The highest BCUT2D eigenvalue weighted by atomic mass is 32.2. The fourth-order valence-corrected chi connectivity index (χ4v) is 3.68. The van der Waals surface area contributed by atoms with Crippen LogP contribution < -0.4 is 14.4 Å². The molecule has 1 heterocycles. The number of rotatable bonds is 6. The lowest BCUT2D eigenvalue weighted by Gasteiger charge is -2.25. The van der Waals surface area contributed by atoms with E-state index in [1.165, 1.54) is 5.56 Å². The largest absolute Gasteiger partial charge is 0.483 e. The fraction of sp³-hybridized carbons (Fsp3) is 0.316. The molecule has 2 aromatic carbocycles. The number of sulfonamides is 1. The summed E-state index contributed by atoms with van der Waals surface area (Å²) in [7, 11) is -3.58. The molecular formula is C19H22N2O4S. The monoisotopic (exact) mass is 374 g/mol. The molecule has 138 valence electrons. The molecule has 0 saturated heterocycles. The number of fused-ring (bicyclic) bond motifs is 1. The number of nitrogens with zero attached hydrogens (tertiary/aromatic N) is 1. The molecule has 26 heavy (non-hydrogen) atoms. The molecule has 1 N–H and O–H groups in total. The van der Waals surface area contributed by atoms with Gasteiger partial charge in [-0.15, -0.1) is 0 Å². The summed E-state index contributed by atoms with van der Waals surface area (Å²) in [5, 5.41) is 0. The van der Waals surface area contributed by atoms with Gasteiger partial charge in [0.25, 0.3) is 5.91 Å². The lowest BCUT2D eigenvalue weighted by Crippen LogP contribution is -2.33. The van der Waals surface area contributed by atoms with Crippen LogP contribution in [0.1, 0.15) is 18.1 Å². The van der Waals surface area contributed by atoms with Gasteiger partial charge in [-0.1, -0.05) is 36.4 Å². The number of amides is 1. The first-order valence-corrected chi connectivity index (χ1v) is 10.3. The van der Waals surface area contributed by atoms with E-state index in [0.717, 1.165) is 30.5 Å². The summed E-state index contributed by atoms with van der Waals surface area (Å²) in [5.74, 6) is -0.0640. The lowest BCUT2D eigenvalue weighted by atomic mass is 10.1. The number of ether oxygens (including phenoxy) is 1. The minimum atomic E-state index is -3.58. The van der Waals surface area contributed by atoms with Crippen molar-refractivity contribution in [2.24, 2.45) is 0 Å². The second kappa shape index (κ2) is 7.37. The molecule has 1 aliphatic rings. The van der Waals surface area contributed by atoms with Gasteiger partial charge in [-0.25, -0.2) is 8.42 Å². The molecule has 7 heteroatoms. The highest BCUT2D eigenvalue weighted by Gasteiger charge is 2.28. The van der Waals surface area contributed by atoms with Gasteiger partial charge >= 0.3 is 0 Å². The molecular weight excluding hydrogens is 352 g/mol. The molecule has 0 radical (unpaired) electrons. The maximum Gasteiger partial charge on any atom is 0.271 e. The molecule has 6 nitrogen and oxygen atoms in total. The molecule has 1 unspecified atom stereocenters. The SMILES string of the molecule is CC1Cc2c(OCC(=O)NS(C)(=O)=O)cccc2N1Cc1ccccc1. The second-order valence-corrected chi connectivity index (χ2v) is 8.26. The van der Waals surface area contributed by atoms with Crippen molar-refractivity contribution >= 4 is 21.6 Å². The van der Waals surface area contributed by atoms with Crippen LogP contribution in [0, 0.1) is 0 Å². The average Bonchev–Trinajstić information content (AvgIpc) is 2.89. The molecule has 2 aromatic rings. The van der Waals surface area contributed by atoms with E-state index in [-0.39, 0.29) is 6.61 Å². The third-order valence-electron chi connectivity index (χ3n) is 4.30. The fourth-order valence-electron chi connectivity index (χ4n) is 3.21. The Morgan fingerprint density at radius 1 is 1.19 bits per heavy atom. The number of carbonyl (C=O) groups excluding carboxylic acids is 1. The normalized spacial score (nSPS) is 16.2. The quantitative estimate of drug-likeness (QED) is 0.838. The Hall–Kier alpha value is -2.54. The van der Waals surface area contributed by atoms with Crippen LogP contribution in [0.15, 0.2) is 48.5 Å². The van der Waals surface area contributed by atoms with E-state index >= 15 is 0 Å². The lowest BCUT2D eigenvalue weighted by molar-refractivity contribution is -0.121. The van der Waals surface area contributed by atoms with Crippen molar-refractivity contribution in [3.63, 3.8) is 0 Å². The minimum absolute atomic E-state index is 0.305. The van der Waals surface area contributed by atoms with Crippen LogP contribution >= 0.6 is 0 Å².